The Hall–Kier alpha value is -0.870. The predicted molar refractivity (Wildman–Crippen MR) is 40.7 cm³/mol. The molecule has 3 N–H and O–H groups in total. The highest BCUT2D eigenvalue weighted by atomic mass is 16.5. The zero-order chi connectivity index (χ0) is 8.85. The van der Waals surface area contributed by atoms with Crippen LogP contribution in [0.3, 0.4) is 0 Å². The molecule has 64 valence electrons. The van der Waals surface area contributed by atoms with Crippen LogP contribution in [0.2, 0.25) is 0 Å². The molecule has 0 unspecified atom stereocenters. The van der Waals surface area contributed by atoms with E-state index in [-0.39, 0.29) is 18.9 Å². The van der Waals surface area contributed by atoms with E-state index < -0.39 is 6.29 Å². The summed E-state index contributed by atoms with van der Waals surface area (Å²) in [5.41, 5.74) is 0.414. The number of hydrogen-bond donors (Lipinski definition) is 3. The fourth-order valence-electron chi connectivity index (χ4n) is 0.466. The molecule has 0 aromatic rings. The Bertz CT molecular complexity index is 154. The lowest BCUT2D eigenvalue weighted by Crippen LogP contribution is -2.27. The van der Waals surface area contributed by atoms with Gasteiger partial charge < -0.3 is 15.5 Å². The van der Waals surface area contributed by atoms with Crippen molar-refractivity contribution in [3.05, 3.63) is 12.2 Å². The minimum atomic E-state index is -1.36. The Morgan fingerprint density at radius 1 is 1.64 bits per heavy atom. The van der Waals surface area contributed by atoms with Gasteiger partial charge in [0.1, 0.15) is 0 Å². The maximum absolute atomic E-state index is 10.8. The summed E-state index contributed by atoms with van der Waals surface area (Å²) in [6.45, 7) is 5.26. The van der Waals surface area contributed by atoms with Gasteiger partial charge in [-0.3, -0.25) is 4.79 Å². The second kappa shape index (κ2) is 4.87. The van der Waals surface area contributed by atoms with Gasteiger partial charge in [-0.1, -0.05) is 6.58 Å². The minimum absolute atomic E-state index is 0.138. The molecule has 0 spiro atoms. The van der Waals surface area contributed by atoms with Gasteiger partial charge >= 0.3 is 0 Å². The summed E-state index contributed by atoms with van der Waals surface area (Å²) in [7, 11) is 0. The molecule has 0 aliphatic rings. The van der Waals surface area contributed by atoms with Gasteiger partial charge in [-0.2, -0.15) is 0 Å². The SMILES string of the molecule is C=C(C)C(=O)NCCC(O)O. The van der Waals surface area contributed by atoms with Crippen molar-refractivity contribution in [3.8, 4) is 0 Å². The van der Waals surface area contributed by atoms with E-state index in [2.05, 4.69) is 11.9 Å². The van der Waals surface area contributed by atoms with Crippen LogP contribution in [0.1, 0.15) is 13.3 Å². The number of rotatable bonds is 4. The average molecular weight is 159 g/mol. The van der Waals surface area contributed by atoms with E-state index in [1.54, 1.807) is 6.92 Å². The van der Waals surface area contributed by atoms with E-state index in [1.807, 2.05) is 0 Å². The minimum Gasteiger partial charge on any atom is -0.368 e. The molecular weight excluding hydrogens is 146 g/mol. The summed E-state index contributed by atoms with van der Waals surface area (Å²) in [6.07, 6.45) is -1.22. The van der Waals surface area contributed by atoms with Crippen LogP contribution in [0.25, 0.3) is 0 Å². The van der Waals surface area contributed by atoms with Crippen molar-refractivity contribution < 1.29 is 15.0 Å². The van der Waals surface area contributed by atoms with Gasteiger partial charge in [-0.15, -0.1) is 0 Å². The standard InChI is InChI=1S/C7H13NO3/c1-5(2)7(11)8-4-3-6(9)10/h6,9-10H,1,3-4H2,2H3,(H,8,11). The van der Waals surface area contributed by atoms with Gasteiger partial charge in [0.25, 0.3) is 0 Å². The van der Waals surface area contributed by atoms with E-state index in [0.717, 1.165) is 0 Å². The molecule has 0 heterocycles. The number of aliphatic hydroxyl groups is 2. The van der Waals surface area contributed by atoms with Gasteiger partial charge in [0, 0.05) is 18.5 Å². The number of nitrogens with one attached hydrogen (secondary N) is 1. The number of hydrogen-bond acceptors (Lipinski definition) is 3. The van der Waals surface area contributed by atoms with Crippen LogP contribution in [0.4, 0.5) is 0 Å². The zero-order valence-corrected chi connectivity index (χ0v) is 6.50. The largest absolute Gasteiger partial charge is 0.368 e. The fraction of sp³-hybridized carbons (Fsp3) is 0.571. The molecule has 0 saturated heterocycles. The van der Waals surface area contributed by atoms with Crippen molar-refractivity contribution in [1.29, 1.82) is 0 Å². The van der Waals surface area contributed by atoms with Gasteiger partial charge in [0.05, 0.1) is 0 Å². The highest BCUT2D eigenvalue weighted by molar-refractivity contribution is 5.91. The molecule has 11 heavy (non-hydrogen) atoms. The Labute approximate surface area is 65.5 Å². The Morgan fingerprint density at radius 2 is 2.18 bits per heavy atom. The van der Waals surface area contributed by atoms with E-state index in [9.17, 15) is 4.79 Å². The van der Waals surface area contributed by atoms with Gasteiger partial charge in [0.15, 0.2) is 6.29 Å². The summed E-state index contributed by atoms with van der Waals surface area (Å²) in [6, 6.07) is 0. The monoisotopic (exact) mass is 159 g/mol. The van der Waals surface area contributed by atoms with Crippen LogP contribution >= 0.6 is 0 Å². The van der Waals surface area contributed by atoms with Crippen molar-refractivity contribution in [2.45, 2.75) is 19.6 Å². The van der Waals surface area contributed by atoms with Crippen molar-refractivity contribution in [3.63, 3.8) is 0 Å². The van der Waals surface area contributed by atoms with Crippen LogP contribution in [0.5, 0.6) is 0 Å². The number of carbonyl (C=O) groups excluding carboxylic acids is 1. The summed E-state index contributed by atoms with van der Waals surface area (Å²) in [4.78, 5) is 10.8. The Balaban J connectivity index is 3.40. The normalized spacial score (nSPS) is 9.82. The molecule has 0 aliphatic carbocycles. The summed E-state index contributed by atoms with van der Waals surface area (Å²) in [5.74, 6) is -0.259. The molecule has 1 amide bonds. The molecule has 0 saturated carbocycles. The van der Waals surface area contributed by atoms with Crippen LogP contribution in [-0.2, 0) is 4.79 Å². The summed E-state index contributed by atoms with van der Waals surface area (Å²) >= 11 is 0. The molecular formula is C7H13NO3. The first-order chi connectivity index (χ1) is 5.04. The molecule has 4 heteroatoms. The molecule has 0 aromatic carbocycles. The third-order valence-corrected chi connectivity index (χ3v) is 1.08. The first kappa shape index (κ1) is 10.1. The molecule has 0 fully saturated rings. The number of amides is 1. The topological polar surface area (TPSA) is 69.6 Å². The molecule has 0 aromatic heterocycles. The van der Waals surface area contributed by atoms with Crippen LogP contribution in [-0.4, -0.2) is 29.0 Å². The lowest BCUT2D eigenvalue weighted by Gasteiger charge is -2.04. The van der Waals surface area contributed by atoms with Crippen LogP contribution in [0, 0.1) is 0 Å². The molecule has 0 aliphatic heterocycles. The van der Waals surface area contributed by atoms with Gasteiger partial charge in [-0.05, 0) is 6.92 Å². The fourth-order valence-corrected chi connectivity index (χ4v) is 0.466. The smallest absolute Gasteiger partial charge is 0.246 e. The molecule has 4 nitrogen and oxygen atoms in total. The van der Waals surface area contributed by atoms with Gasteiger partial charge in [0.2, 0.25) is 5.91 Å². The molecule has 0 atom stereocenters. The van der Waals surface area contributed by atoms with Crippen molar-refractivity contribution >= 4 is 5.91 Å². The first-order valence-electron chi connectivity index (χ1n) is 3.34. The quantitative estimate of drug-likeness (QED) is 0.378. The lowest BCUT2D eigenvalue weighted by molar-refractivity contribution is -0.117. The number of aliphatic hydroxyl groups excluding tert-OH is 1. The van der Waals surface area contributed by atoms with E-state index in [0.29, 0.717) is 5.57 Å². The van der Waals surface area contributed by atoms with Gasteiger partial charge in [-0.25, -0.2) is 0 Å². The van der Waals surface area contributed by atoms with Crippen molar-refractivity contribution in [1.82, 2.24) is 5.32 Å². The average Bonchev–Trinajstić information content (AvgIpc) is 1.86. The second-order valence-electron chi connectivity index (χ2n) is 2.31. The van der Waals surface area contributed by atoms with E-state index >= 15 is 0 Å². The maximum atomic E-state index is 10.8. The number of carbonyl (C=O) groups is 1. The molecule has 0 radical (unpaired) electrons. The summed E-state index contributed by atoms with van der Waals surface area (Å²) in [5, 5.41) is 19.2. The van der Waals surface area contributed by atoms with E-state index in [1.165, 1.54) is 0 Å². The van der Waals surface area contributed by atoms with Crippen molar-refractivity contribution in [2.24, 2.45) is 0 Å². The second-order valence-corrected chi connectivity index (χ2v) is 2.31. The van der Waals surface area contributed by atoms with Crippen LogP contribution < -0.4 is 5.32 Å². The van der Waals surface area contributed by atoms with Crippen molar-refractivity contribution in [2.75, 3.05) is 6.54 Å². The Morgan fingerprint density at radius 3 is 2.55 bits per heavy atom. The van der Waals surface area contributed by atoms with E-state index in [4.69, 9.17) is 10.2 Å². The Kier molecular flexibility index (Phi) is 4.49. The highest BCUT2D eigenvalue weighted by Gasteiger charge is 2.01. The first-order valence-corrected chi connectivity index (χ1v) is 3.34. The summed E-state index contributed by atoms with van der Waals surface area (Å²) < 4.78 is 0. The zero-order valence-electron chi connectivity index (χ0n) is 6.50. The lowest BCUT2D eigenvalue weighted by atomic mass is 10.3. The predicted octanol–water partition coefficient (Wildman–Crippen LogP) is -0.621. The highest BCUT2D eigenvalue weighted by Crippen LogP contribution is 1.87. The third-order valence-electron chi connectivity index (χ3n) is 1.08. The maximum Gasteiger partial charge on any atom is 0.246 e. The third kappa shape index (κ3) is 5.57. The van der Waals surface area contributed by atoms with Crippen LogP contribution in [0.15, 0.2) is 12.2 Å². The molecule has 0 rings (SSSR count). The molecule has 0 bridgehead atoms.